The molecule has 0 N–H and O–H groups in total. The second kappa shape index (κ2) is 6.78. The first-order valence-electron chi connectivity index (χ1n) is 7.12. The van der Waals surface area contributed by atoms with E-state index in [1.165, 1.54) is 16.7 Å². The minimum Gasteiger partial charge on any atom is -0.496 e. The molecule has 0 aromatic heterocycles. The predicted molar refractivity (Wildman–Crippen MR) is 103 cm³/mol. The molecule has 0 spiro atoms. The van der Waals surface area contributed by atoms with Gasteiger partial charge in [-0.05, 0) is 30.7 Å². The van der Waals surface area contributed by atoms with Crippen molar-refractivity contribution in [3.05, 3.63) is 33.1 Å². The molecular weight excluding hydrogens is 434 g/mol. The van der Waals surface area contributed by atoms with Gasteiger partial charge in [-0.25, -0.2) is 8.42 Å². The van der Waals surface area contributed by atoms with Crippen LogP contribution in [0.1, 0.15) is 12.0 Å². The first kappa shape index (κ1) is 17.9. The number of benzene rings is 1. The van der Waals surface area contributed by atoms with Crippen LogP contribution < -0.4 is 4.74 Å². The Morgan fingerprint density at radius 2 is 2.21 bits per heavy atom. The summed E-state index contributed by atoms with van der Waals surface area (Å²) >= 11 is 9.89. The Balaban J connectivity index is 1.91. The number of thioether (sulfide) groups is 1. The molecule has 2 aliphatic rings. The predicted octanol–water partition coefficient (Wildman–Crippen LogP) is 2.85. The van der Waals surface area contributed by atoms with Crippen LogP contribution in [-0.2, 0) is 14.6 Å². The van der Waals surface area contributed by atoms with Crippen molar-refractivity contribution in [2.24, 2.45) is 0 Å². The van der Waals surface area contributed by atoms with Gasteiger partial charge in [-0.2, -0.15) is 0 Å². The number of carbonyl (C=O) groups is 1. The number of amides is 1. The van der Waals surface area contributed by atoms with E-state index >= 15 is 0 Å². The summed E-state index contributed by atoms with van der Waals surface area (Å²) < 4.78 is 29.9. The zero-order chi connectivity index (χ0) is 17.5. The number of nitrogens with zero attached hydrogens (tertiary/aromatic N) is 1. The fraction of sp³-hybridized carbons (Fsp3) is 0.333. The van der Waals surface area contributed by atoms with E-state index in [-0.39, 0.29) is 23.5 Å². The van der Waals surface area contributed by atoms with Gasteiger partial charge < -0.3 is 4.74 Å². The molecule has 0 saturated carbocycles. The van der Waals surface area contributed by atoms with E-state index in [2.05, 4.69) is 15.9 Å². The van der Waals surface area contributed by atoms with Crippen LogP contribution in [0.15, 0.2) is 27.6 Å². The van der Waals surface area contributed by atoms with E-state index in [0.717, 1.165) is 10.0 Å². The Kier molecular flexibility index (Phi) is 5.06. The highest BCUT2D eigenvalue weighted by atomic mass is 79.9. The molecule has 24 heavy (non-hydrogen) atoms. The van der Waals surface area contributed by atoms with Gasteiger partial charge in [-0.1, -0.05) is 39.9 Å². The van der Waals surface area contributed by atoms with Crippen molar-refractivity contribution in [1.29, 1.82) is 0 Å². The van der Waals surface area contributed by atoms with Crippen molar-refractivity contribution in [2.45, 2.75) is 12.5 Å². The molecule has 2 saturated heterocycles. The molecule has 2 heterocycles. The molecule has 0 radical (unpaired) electrons. The van der Waals surface area contributed by atoms with Crippen LogP contribution in [0.25, 0.3) is 6.08 Å². The molecule has 1 amide bonds. The van der Waals surface area contributed by atoms with Crippen molar-refractivity contribution in [1.82, 2.24) is 4.90 Å². The van der Waals surface area contributed by atoms with Gasteiger partial charge in [0.1, 0.15) is 10.1 Å². The lowest BCUT2D eigenvalue weighted by Gasteiger charge is -2.20. The standard InChI is InChI=1S/C15H14BrNO4S3/c1-21-12-3-2-10(16)6-9(12)7-13-14(18)17(15(22)23-13)11-4-5-24(19,20)8-11/h2-3,6-7,11H,4-5,8H2,1H3/b13-7-. The number of thiocarbonyl (C=S) groups is 1. The lowest BCUT2D eigenvalue weighted by atomic mass is 10.1. The van der Waals surface area contributed by atoms with Crippen LogP contribution in [0.3, 0.4) is 0 Å². The first-order chi connectivity index (χ1) is 11.3. The van der Waals surface area contributed by atoms with Crippen LogP contribution in [0.5, 0.6) is 5.75 Å². The van der Waals surface area contributed by atoms with Crippen molar-refractivity contribution < 1.29 is 17.9 Å². The van der Waals surface area contributed by atoms with Gasteiger partial charge in [0, 0.05) is 10.0 Å². The molecule has 2 aliphatic heterocycles. The maximum absolute atomic E-state index is 12.7. The normalized spacial score (nSPS) is 24.8. The maximum atomic E-state index is 12.7. The molecule has 1 aromatic rings. The van der Waals surface area contributed by atoms with Gasteiger partial charge >= 0.3 is 0 Å². The SMILES string of the molecule is COc1ccc(Br)cc1/C=C1\SC(=S)N(C2CCS(=O)(=O)C2)C1=O. The third kappa shape index (κ3) is 3.54. The van der Waals surface area contributed by atoms with Crippen LogP contribution >= 0.6 is 39.9 Å². The second-order valence-corrected chi connectivity index (χ2v) is 10.3. The molecule has 5 nitrogen and oxygen atoms in total. The Bertz CT molecular complexity index is 850. The highest BCUT2D eigenvalue weighted by Crippen LogP contribution is 2.37. The van der Waals surface area contributed by atoms with E-state index in [0.29, 0.717) is 21.4 Å². The monoisotopic (exact) mass is 447 g/mol. The van der Waals surface area contributed by atoms with Gasteiger partial charge in [-0.3, -0.25) is 9.69 Å². The number of ether oxygens (including phenoxy) is 1. The largest absolute Gasteiger partial charge is 0.496 e. The van der Waals surface area contributed by atoms with E-state index in [1.807, 2.05) is 12.1 Å². The average Bonchev–Trinajstić information content (AvgIpc) is 2.99. The van der Waals surface area contributed by atoms with E-state index < -0.39 is 9.84 Å². The summed E-state index contributed by atoms with van der Waals surface area (Å²) in [5, 5.41) is 0. The number of hydrogen-bond acceptors (Lipinski definition) is 6. The zero-order valence-corrected chi connectivity index (χ0v) is 16.7. The van der Waals surface area contributed by atoms with Crippen LogP contribution in [0.4, 0.5) is 0 Å². The summed E-state index contributed by atoms with van der Waals surface area (Å²) in [7, 11) is -1.52. The van der Waals surface area contributed by atoms with Crippen molar-refractivity contribution in [3.63, 3.8) is 0 Å². The molecular formula is C15H14BrNO4S3. The Hall–Kier alpha value is -0.900. The third-order valence-electron chi connectivity index (χ3n) is 3.88. The average molecular weight is 448 g/mol. The fourth-order valence-electron chi connectivity index (χ4n) is 2.73. The summed E-state index contributed by atoms with van der Waals surface area (Å²) in [4.78, 5) is 14.6. The van der Waals surface area contributed by atoms with Gasteiger partial charge in [0.2, 0.25) is 0 Å². The summed E-state index contributed by atoms with van der Waals surface area (Å²) in [6, 6.07) is 5.15. The minimum atomic E-state index is -3.08. The Morgan fingerprint density at radius 1 is 1.46 bits per heavy atom. The molecule has 0 aliphatic carbocycles. The summed E-state index contributed by atoms with van der Waals surface area (Å²) in [6.45, 7) is 0. The second-order valence-electron chi connectivity index (χ2n) is 5.49. The lowest BCUT2D eigenvalue weighted by Crippen LogP contribution is -2.39. The molecule has 3 rings (SSSR count). The number of methoxy groups -OCH3 is 1. The number of halogens is 1. The Labute approximate surface area is 158 Å². The van der Waals surface area contributed by atoms with Crippen molar-refractivity contribution in [3.8, 4) is 5.75 Å². The lowest BCUT2D eigenvalue weighted by molar-refractivity contribution is -0.123. The smallest absolute Gasteiger partial charge is 0.266 e. The van der Waals surface area contributed by atoms with Gasteiger partial charge in [0.05, 0.1) is 29.6 Å². The molecule has 128 valence electrons. The van der Waals surface area contributed by atoms with Gasteiger partial charge in [0.25, 0.3) is 5.91 Å². The van der Waals surface area contributed by atoms with E-state index in [9.17, 15) is 13.2 Å². The highest BCUT2D eigenvalue weighted by Gasteiger charge is 2.42. The molecule has 2 fully saturated rings. The number of hydrogen-bond donors (Lipinski definition) is 0. The summed E-state index contributed by atoms with van der Waals surface area (Å²) in [6.07, 6.45) is 2.16. The third-order valence-corrected chi connectivity index (χ3v) is 7.45. The summed E-state index contributed by atoms with van der Waals surface area (Å²) in [5.41, 5.74) is 0.756. The molecule has 0 bridgehead atoms. The molecule has 9 heteroatoms. The number of carbonyl (C=O) groups excluding carboxylic acids is 1. The van der Waals surface area contributed by atoms with Crippen molar-refractivity contribution >= 4 is 66.1 Å². The number of sulfone groups is 1. The van der Waals surface area contributed by atoms with Crippen molar-refractivity contribution in [2.75, 3.05) is 18.6 Å². The topological polar surface area (TPSA) is 63.7 Å². The molecule has 1 atom stereocenters. The molecule has 1 unspecified atom stereocenters. The molecule has 1 aromatic carbocycles. The van der Waals surface area contributed by atoms with Crippen LogP contribution in [0, 0.1) is 0 Å². The van der Waals surface area contributed by atoms with Gasteiger partial charge in [0.15, 0.2) is 9.84 Å². The maximum Gasteiger partial charge on any atom is 0.266 e. The van der Waals surface area contributed by atoms with Gasteiger partial charge in [-0.15, -0.1) is 0 Å². The first-order valence-corrected chi connectivity index (χ1v) is 11.0. The van der Waals surface area contributed by atoms with Crippen LogP contribution in [-0.4, -0.2) is 48.2 Å². The fourth-order valence-corrected chi connectivity index (χ4v) is 6.20. The highest BCUT2D eigenvalue weighted by molar-refractivity contribution is 9.10. The van der Waals surface area contributed by atoms with E-state index in [4.69, 9.17) is 17.0 Å². The number of rotatable bonds is 3. The zero-order valence-electron chi connectivity index (χ0n) is 12.7. The minimum absolute atomic E-state index is 0.0209. The van der Waals surface area contributed by atoms with E-state index in [1.54, 1.807) is 19.3 Å². The Morgan fingerprint density at radius 3 is 2.83 bits per heavy atom. The quantitative estimate of drug-likeness (QED) is 0.524. The van der Waals surface area contributed by atoms with Crippen LogP contribution in [0.2, 0.25) is 0 Å². The summed E-state index contributed by atoms with van der Waals surface area (Å²) in [5.74, 6) is 0.487.